The molecule has 0 aliphatic rings. The molecule has 3 aromatic rings. The van der Waals surface area contributed by atoms with E-state index < -0.39 is 0 Å². The van der Waals surface area contributed by atoms with Crippen LogP contribution in [-0.4, -0.2) is 32.3 Å². The molecule has 0 fully saturated rings. The van der Waals surface area contributed by atoms with Crippen LogP contribution in [0.4, 0.5) is 11.4 Å². The van der Waals surface area contributed by atoms with Crippen molar-refractivity contribution in [3.05, 3.63) is 52.5 Å². The van der Waals surface area contributed by atoms with Crippen molar-refractivity contribution in [1.82, 2.24) is 14.8 Å². The molecule has 0 bridgehead atoms. The second-order valence-electron chi connectivity index (χ2n) is 6.09. The first-order valence-electron chi connectivity index (χ1n) is 8.48. The molecular formula is C19H17Cl2N5O2S. The lowest BCUT2D eigenvalue weighted by molar-refractivity contribution is -0.114. The lowest BCUT2D eigenvalue weighted by Gasteiger charge is -2.08. The molecule has 0 saturated heterocycles. The molecule has 0 aliphatic heterocycles. The first-order chi connectivity index (χ1) is 13.8. The first-order valence-corrected chi connectivity index (χ1v) is 10.2. The Bertz CT molecular complexity index is 1070. The molecule has 0 atom stereocenters. The first kappa shape index (κ1) is 21.2. The summed E-state index contributed by atoms with van der Waals surface area (Å²) in [5, 5.41) is 15.3. The topological polar surface area (TPSA) is 88.9 Å². The number of nitrogens with one attached hydrogen (secondary N) is 2. The van der Waals surface area contributed by atoms with Gasteiger partial charge >= 0.3 is 0 Å². The Hall–Kier alpha value is -2.55. The molecule has 0 saturated carbocycles. The molecule has 150 valence electrons. The summed E-state index contributed by atoms with van der Waals surface area (Å²) in [6.45, 7) is 1.45. The van der Waals surface area contributed by atoms with E-state index in [1.807, 2.05) is 25.2 Å². The van der Waals surface area contributed by atoms with Gasteiger partial charge < -0.3 is 15.2 Å². The molecule has 3 rings (SSSR count). The average molecular weight is 450 g/mol. The second-order valence-corrected chi connectivity index (χ2v) is 7.87. The van der Waals surface area contributed by atoms with Gasteiger partial charge in [-0.05, 0) is 30.3 Å². The average Bonchev–Trinajstić information content (AvgIpc) is 3.02. The van der Waals surface area contributed by atoms with E-state index in [-0.39, 0.29) is 17.6 Å². The zero-order chi connectivity index (χ0) is 21.0. The number of aromatic nitrogens is 3. The van der Waals surface area contributed by atoms with Crippen LogP contribution in [0, 0.1) is 0 Å². The van der Waals surface area contributed by atoms with Crippen LogP contribution in [0.25, 0.3) is 11.4 Å². The summed E-state index contributed by atoms with van der Waals surface area (Å²) in [6.07, 6.45) is 0. The van der Waals surface area contributed by atoms with E-state index >= 15 is 0 Å². The minimum atomic E-state index is -0.226. The SMILES string of the molecule is CC(=O)Nc1cccc(-c2nnc(SCC(=O)Nc3ccc(Cl)cc3Cl)n2C)c1. The number of hydrogen-bond donors (Lipinski definition) is 2. The zero-order valence-electron chi connectivity index (χ0n) is 15.6. The summed E-state index contributed by atoms with van der Waals surface area (Å²) in [5.41, 5.74) is 1.97. The van der Waals surface area contributed by atoms with E-state index in [4.69, 9.17) is 23.2 Å². The van der Waals surface area contributed by atoms with Gasteiger partial charge in [0.05, 0.1) is 16.5 Å². The van der Waals surface area contributed by atoms with Gasteiger partial charge in [0.2, 0.25) is 11.8 Å². The highest BCUT2D eigenvalue weighted by Gasteiger charge is 2.14. The highest BCUT2D eigenvalue weighted by molar-refractivity contribution is 7.99. The van der Waals surface area contributed by atoms with Gasteiger partial charge in [-0.3, -0.25) is 9.59 Å². The lowest BCUT2D eigenvalue weighted by Crippen LogP contribution is -2.14. The summed E-state index contributed by atoms with van der Waals surface area (Å²) in [5.74, 6) is 0.386. The fourth-order valence-corrected chi connectivity index (χ4v) is 3.71. The number of thioether (sulfide) groups is 1. The maximum Gasteiger partial charge on any atom is 0.234 e. The Morgan fingerprint density at radius 2 is 1.90 bits per heavy atom. The van der Waals surface area contributed by atoms with E-state index in [1.54, 1.807) is 28.8 Å². The summed E-state index contributed by atoms with van der Waals surface area (Å²) >= 11 is 13.2. The van der Waals surface area contributed by atoms with E-state index in [0.717, 1.165) is 5.56 Å². The van der Waals surface area contributed by atoms with Crippen LogP contribution in [0.3, 0.4) is 0 Å². The number of benzene rings is 2. The molecule has 10 heteroatoms. The normalized spacial score (nSPS) is 10.6. The number of carbonyl (C=O) groups is 2. The number of hydrogen-bond acceptors (Lipinski definition) is 5. The third kappa shape index (κ3) is 5.50. The van der Waals surface area contributed by atoms with Crippen molar-refractivity contribution in [2.75, 3.05) is 16.4 Å². The molecule has 2 N–H and O–H groups in total. The second kappa shape index (κ2) is 9.30. The van der Waals surface area contributed by atoms with E-state index in [2.05, 4.69) is 20.8 Å². The molecule has 0 radical (unpaired) electrons. The van der Waals surface area contributed by atoms with Gasteiger partial charge in [-0.1, -0.05) is 47.1 Å². The minimum Gasteiger partial charge on any atom is -0.326 e. The van der Waals surface area contributed by atoms with Crippen molar-refractivity contribution in [2.24, 2.45) is 7.05 Å². The van der Waals surface area contributed by atoms with Crippen molar-refractivity contribution in [3.8, 4) is 11.4 Å². The molecule has 7 nitrogen and oxygen atoms in total. The highest BCUT2D eigenvalue weighted by Crippen LogP contribution is 2.27. The zero-order valence-corrected chi connectivity index (χ0v) is 17.9. The molecule has 2 amide bonds. The quantitative estimate of drug-likeness (QED) is 0.541. The van der Waals surface area contributed by atoms with Gasteiger partial charge in [0.25, 0.3) is 0 Å². The van der Waals surface area contributed by atoms with Crippen LogP contribution >= 0.6 is 35.0 Å². The molecule has 0 unspecified atom stereocenters. The van der Waals surface area contributed by atoms with E-state index in [1.165, 1.54) is 18.7 Å². The number of rotatable bonds is 6. The largest absolute Gasteiger partial charge is 0.326 e. The Balaban J connectivity index is 1.67. The third-order valence-electron chi connectivity index (χ3n) is 3.81. The molecule has 29 heavy (non-hydrogen) atoms. The monoisotopic (exact) mass is 449 g/mol. The molecule has 0 aliphatic carbocycles. The maximum absolute atomic E-state index is 12.2. The van der Waals surface area contributed by atoms with Crippen LogP contribution in [0.2, 0.25) is 10.0 Å². The van der Waals surface area contributed by atoms with Crippen LogP contribution in [-0.2, 0) is 16.6 Å². The van der Waals surface area contributed by atoms with Crippen molar-refractivity contribution < 1.29 is 9.59 Å². The fraction of sp³-hybridized carbons (Fsp3) is 0.158. The number of carbonyl (C=O) groups excluding carboxylic acids is 2. The van der Waals surface area contributed by atoms with Gasteiger partial charge in [0.15, 0.2) is 11.0 Å². The number of anilines is 2. The molecule has 0 spiro atoms. The summed E-state index contributed by atoms with van der Waals surface area (Å²) in [7, 11) is 1.82. The Morgan fingerprint density at radius 3 is 2.62 bits per heavy atom. The number of nitrogens with zero attached hydrogens (tertiary/aromatic N) is 3. The van der Waals surface area contributed by atoms with Crippen LogP contribution in [0.15, 0.2) is 47.6 Å². The molecule has 2 aromatic carbocycles. The van der Waals surface area contributed by atoms with Crippen molar-refractivity contribution in [3.63, 3.8) is 0 Å². The Labute approximate surface area is 181 Å². The lowest BCUT2D eigenvalue weighted by atomic mass is 10.2. The van der Waals surface area contributed by atoms with Gasteiger partial charge in [0.1, 0.15) is 0 Å². The standard InChI is InChI=1S/C19H17Cl2N5O2S/c1-11(27)22-14-5-3-4-12(8-14)18-24-25-19(26(18)2)29-10-17(28)23-16-7-6-13(20)9-15(16)21/h3-9H,10H2,1-2H3,(H,22,27)(H,23,28). The van der Waals surface area contributed by atoms with Crippen LogP contribution < -0.4 is 10.6 Å². The van der Waals surface area contributed by atoms with E-state index in [0.29, 0.717) is 32.4 Å². The Morgan fingerprint density at radius 1 is 1.10 bits per heavy atom. The number of halogens is 2. The van der Waals surface area contributed by atoms with Gasteiger partial charge in [-0.15, -0.1) is 10.2 Å². The van der Waals surface area contributed by atoms with Crippen molar-refractivity contribution in [2.45, 2.75) is 12.1 Å². The predicted molar refractivity (Wildman–Crippen MR) is 117 cm³/mol. The Kier molecular flexibility index (Phi) is 6.79. The highest BCUT2D eigenvalue weighted by atomic mass is 35.5. The summed E-state index contributed by atoms with van der Waals surface area (Å²) in [4.78, 5) is 23.5. The van der Waals surface area contributed by atoms with E-state index in [9.17, 15) is 9.59 Å². The fourth-order valence-electron chi connectivity index (χ4n) is 2.54. The third-order valence-corrected chi connectivity index (χ3v) is 5.38. The summed E-state index contributed by atoms with van der Waals surface area (Å²) < 4.78 is 1.79. The van der Waals surface area contributed by atoms with Gasteiger partial charge in [0, 0.05) is 30.2 Å². The van der Waals surface area contributed by atoms with Gasteiger partial charge in [-0.25, -0.2) is 0 Å². The molecule has 1 aromatic heterocycles. The molecular weight excluding hydrogens is 433 g/mol. The minimum absolute atomic E-state index is 0.136. The summed E-state index contributed by atoms with van der Waals surface area (Å²) in [6, 6.07) is 12.2. The van der Waals surface area contributed by atoms with Crippen molar-refractivity contribution in [1.29, 1.82) is 0 Å². The predicted octanol–water partition coefficient (Wildman–Crippen LogP) is 4.48. The maximum atomic E-state index is 12.2. The molecule has 1 heterocycles. The van der Waals surface area contributed by atoms with Crippen molar-refractivity contribution >= 4 is 58.2 Å². The van der Waals surface area contributed by atoms with Crippen LogP contribution in [0.1, 0.15) is 6.92 Å². The smallest absolute Gasteiger partial charge is 0.234 e. The van der Waals surface area contributed by atoms with Crippen LogP contribution in [0.5, 0.6) is 0 Å². The van der Waals surface area contributed by atoms with Gasteiger partial charge in [-0.2, -0.15) is 0 Å². The number of amides is 2.